The van der Waals surface area contributed by atoms with Gasteiger partial charge in [-0.3, -0.25) is 10.1 Å². The maximum atomic E-state index is 11.1. The van der Waals surface area contributed by atoms with Crippen LogP contribution in [-0.2, 0) is 0 Å². The summed E-state index contributed by atoms with van der Waals surface area (Å²) < 4.78 is 0. The minimum absolute atomic E-state index is 0.116. The lowest BCUT2D eigenvalue weighted by atomic mass is 10.1. The van der Waals surface area contributed by atoms with Crippen LogP contribution in [0.4, 0.5) is 11.4 Å². The van der Waals surface area contributed by atoms with Crippen LogP contribution in [0.3, 0.4) is 0 Å². The highest BCUT2D eigenvalue weighted by atomic mass is 16.6. The lowest BCUT2D eigenvalue weighted by molar-refractivity contribution is -0.384. The first-order valence-corrected chi connectivity index (χ1v) is 6.27. The van der Waals surface area contributed by atoms with Gasteiger partial charge >= 0.3 is 0 Å². The van der Waals surface area contributed by atoms with Gasteiger partial charge in [-0.1, -0.05) is 48.6 Å². The number of rotatable bonds is 4. The largest absolute Gasteiger partial charge is 0.372 e. The van der Waals surface area contributed by atoms with Crippen LogP contribution < -0.4 is 4.90 Å². The molecule has 0 N–H and O–H groups in total. The number of benzene rings is 2. The molecule has 0 heterocycles. The summed E-state index contributed by atoms with van der Waals surface area (Å²) in [5.74, 6) is 0. The summed E-state index contributed by atoms with van der Waals surface area (Å²) in [7, 11) is 3.59. The highest BCUT2D eigenvalue weighted by Crippen LogP contribution is 2.28. The molecule has 0 aliphatic rings. The molecule has 0 atom stereocenters. The van der Waals surface area contributed by atoms with Gasteiger partial charge in [0.15, 0.2) is 0 Å². The molecular weight excluding hydrogens is 252 g/mol. The summed E-state index contributed by atoms with van der Waals surface area (Å²) in [6, 6.07) is 15.1. The molecule has 4 nitrogen and oxygen atoms in total. The first-order chi connectivity index (χ1) is 9.58. The van der Waals surface area contributed by atoms with E-state index in [9.17, 15) is 10.1 Å². The Kier molecular flexibility index (Phi) is 4.15. The van der Waals surface area contributed by atoms with Crippen molar-refractivity contribution in [3.63, 3.8) is 0 Å². The summed E-state index contributed by atoms with van der Waals surface area (Å²) in [5.41, 5.74) is 2.59. The molecule has 20 heavy (non-hydrogen) atoms. The number of hydrogen-bond donors (Lipinski definition) is 0. The van der Waals surface area contributed by atoms with Gasteiger partial charge in [-0.25, -0.2) is 0 Å². The minimum Gasteiger partial charge on any atom is -0.372 e. The molecule has 2 aromatic rings. The molecular formula is C16H16N2O2. The number of anilines is 1. The number of nitro groups is 1. The van der Waals surface area contributed by atoms with E-state index in [4.69, 9.17) is 0 Å². The van der Waals surface area contributed by atoms with Gasteiger partial charge in [0.2, 0.25) is 0 Å². The van der Waals surface area contributed by atoms with Crippen molar-refractivity contribution < 1.29 is 4.92 Å². The Bertz CT molecular complexity index is 634. The van der Waals surface area contributed by atoms with Crippen molar-refractivity contribution >= 4 is 23.5 Å². The van der Waals surface area contributed by atoms with E-state index >= 15 is 0 Å². The van der Waals surface area contributed by atoms with Crippen LogP contribution in [0.25, 0.3) is 12.2 Å². The maximum Gasteiger partial charge on any atom is 0.293 e. The van der Waals surface area contributed by atoms with E-state index in [2.05, 4.69) is 0 Å². The van der Waals surface area contributed by atoms with Crippen molar-refractivity contribution in [1.29, 1.82) is 0 Å². The van der Waals surface area contributed by atoms with Gasteiger partial charge in [-0.05, 0) is 17.2 Å². The summed E-state index contributed by atoms with van der Waals surface area (Å²) in [4.78, 5) is 12.5. The van der Waals surface area contributed by atoms with E-state index < -0.39 is 0 Å². The van der Waals surface area contributed by atoms with Gasteiger partial charge in [-0.2, -0.15) is 0 Å². The molecule has 2 rings (SSSR count). The highest BCUT2D eigenvalue weighted by molar-refractivity contribution is 5.74. The second-order valence-corrected chi connectivity index (χ2v) is 4.64. The van der Waals surface area contributed by atoms with E-state index in [1.54, 1.807) is 31.1 Å². The van der Waals surface area contributed by atoms with Crippen molar-refractivity contribution in [2.24, 2.45) is 0 Å². The van der Waals surface area contributed by atoms with E-state index in [1.165, 1.54) is 0 Å². The van der Waals surface area contributed by atoms with Crippen LogP contribution >= 0.6 is 0 Å². The monoisotopic (exact) mass is 268 g/mol. The summed E-state index contributed by atoms with van der Waals surface area (Å²) in [5, 5.41) is 11.1. The first kappa shape index (κ1) is 13.8. The van der Waals surface area contributed by atoms with Crippen molar-refractivity contribution in [1.82, 2.24) is 0 Å². The maximum absolute atomic E-state index is 11.1. The smallest absolute Gasteiger partial charge is 0.293 e. The molecule has 0 fully saturated rings. The second-order valence-electron chi connectivity index (χ2n) is 4.64. The Morgan fingerprint density at radius 3 is 2.25 bits per heavy atom. The van der Waals surface area contributed by atoms with Gasteiger partial charge in [0.1, 0.15) is 5.69 Å². The molecule has 0 radical (unpaired) electrons. The van der Waals surface area contributed by atoms with E-state index in [1.807, 2.05) is 48.6 Å². The van der Waals surface area contributed by atoms with E-state index in [0.717, 1.165) is 11.1 Å². The van der Waals surface area contributed by atoms with Gasteiger partial charge in [0.25, 0.3) is 5.69 Å². The fraction of sp³-hybridized carbons (Fsp3) is 0.125. The first-order valence-electron chi connectivity index (χ1n) is 6.27. The van der Waals surface area contributed by atoms with E-state index in [-0.39, 0.29) is 10.6 Å². The van der Waals surface area contributed by atoms with Crippen molar-refractivity contribution in [3.8, 4) is 0 Å². The van der Waals surface area contributed by atoms with E-state index in [0.29, 0.717) is 5.69 Å². The Balaban J connectivity index is 2.32. The van der Waals surface area contributed by atoms with Crippen LogP contribution in [0.15, 0.2) is 48.5 Å². The Morgan fingerprint density at radius 2 is 1.65 bits per heavy atom. The zero-order valence-corrected chi connectivity index (χ0v) is 11.5. The van der Waals surface area contributed by atoms with Crippen LogP contribution in [-0.4, -0.2) is 19.0 Å². The third-order valence-electron chi connectivity index (χ3n) is 2.95. The van der Waals surface area contributed by atoms with Crippen molar-refractivity contribution in [2.45, 2.75) is 0 Å². The topological polar surface area (TPSA) is 46.4 Å². The zero-order chi connectivity index (χ0) is 14.5. The standard InChI is InChI=1S/C16H16N2O2/c1-17(2)15-11-10-14(12-16(15)18(19)20)9-8-13-6-4-3-5-7-13/h3-12H,1-2H3/b9-8+. The fourth-order valence-corrected chi connectivity index (χ4v) is 1.93. The van der Waals surface area contributed by atoms with Crippen molar-refractivity contribution in [3.05, 3.63) is 69.8 Å². The second kappa shape index (κ2) is 6.02. The predicted molar refractivity (Wildman–Crippen MR) is 82.8 cm³/mol. The Hall–Kier alpha value is -2.62. The van der Waals surface area contributed by atoms with Gasteiger partial charge < -0.3 is 4.90 Å². The van der Waals surface area contributed by atoms with Gasteiger partial charge in [-0.15, -0.1) is 0 Å². The zero-order valence-electron chi connectivity index (χ0n) is 11.5. The predicted octanol–water partition coefficient (Wildman–Crippen LogP) is 3.83. The Morgan fingerprint density at radius 1 is 1.00 bits per heavy atom. The van der Waals surface area contributed by atoms with Crippen LogP contribution in [0.2, 0.25) is 0 Å². The van der Waals surface area contributed by atoms with Crippen LogP contribution in [0.1, 0.15) is 11.1 Å². The van der Waals surface area contributed by atoms with Crippen LogP contribution in [0, 0.1) is 10.1 Å². The molecule has 0 saturated heterocycles. The normalized spacial score (nSPS) is 10.7. The summed E-state index contributed by atoms with van der Waals surface area (Å²) in [6.07, 6.45) is 3.82. The number of nitro benzene ring substituents is 1. The molecule has 0 spiro atoms. The molecule has 0 saturated carbocycles. The fourth-order valence-electron chi connectivity index (χ4n) is 1.93. The lowest BCUT2D eigenvalue weighted by Crippen LogP contribution is -2.10. The Labute approximate surface area is 118 Å². The summed E-state index contributed by atoms with van der Waals surface area (Å²) in [6.45, 7) is 0. The molecule has 0 aliphatic heterocycles. The quantitative estimate of drug-likeness (QED) is 0.481. The summed E-state index contributed by atoms with van der Waals surface area (Å²) >= 11 is 0. The minimum atomic E-state index is -0.352. The molecule has 0 bridgehead atoms. The molecule has 2 aromatic carbocycles. The average molecular weight is 268 g/mol. The van der Waals surface area contributed by atoms with Crippen LogP contribution in [0.5, 0.6) is 0 Å². The highest BCUT2D eigenvalue weighted by Gasteiger charge is 2.15. The van der Waals surface area contributed by atoms with Gasteiger partial charge in [0, 0.05) is 20.2 Å². The molecule has 102 valence electrons. The number of hydrogen-bond acceptors (Lipinski definition) is 3. The average Bonchev–Trinajstić information content (AvgIpc) is 2.45. The van der Waals surface area contributed by atoms with Gasteiger partial charge in [0.05, 0.1) is 4.92 Å². The molecule has 0 aliphatic carbocycles. The SMILES string of the molecule is CN(C)c1ccc(/C=C/c2ccccc2)cc1[N+](=O)[O-]. The molecule has 0 unspecified atom stereocenters. The lowest BCUT2D eigenvalue weighted by Gasteiger charge is -2.12. The third-order valence-corrected chi connectivity index (χ3v) is 2.95. The number of nitrogens with zero attached hydrogens (tertiary/aromatic N) is 2. The van der Waals surface area contributed by atoms with Crippen molar-refractivity contribution in [2.75, 3.05) is 19.0 Å². The molecule has 0 amide bonds. The molecule has 0 aromatic heterocycles. The molecule has 4 heteroatoms. The third kappa shape index (κ3) is 3.23.